The first-order valence-corrected chi connectivity index (χ1v) is 2.94. The first-order chi connectivity index (χ1) is 5.15. The summed E-state index contributed by atoms with van der Waals surface area (Å²) in [6, 6.07) is 0. The zero-order valence-corrected chi connectivity index (χ0v) is 5.90. The van der Waals surface area contributed by atoms with Crippen molar-refractivity contribution in [3.63, 3.8) is 0 Å². The molecule has 0 spiro atoms. The van der Waals surface area contributed by atoms with Crippen LogP contribution in [0.2, 0.25) is 0 Å². The van der Waals surface area contributed by atoms with Gasteiger partial charge in [0.15, 0.2) is 0 Å². The third kappa shape index (κ3) is 55.2. The van der Waals surface area contributed by atoms with Crippen molar-refractivity contribution in [2.75, 3.05) is 0 Å². The summed E-state index contributed by atoms with van der Waals surface area (Å²) < 4.78 is 0. The molecule has 0 amide bonds. The number of aldehydes is 2. The number of hydrogen-bond donors (Lipinski definition) is 2. The molecule has 11 heavy (non-hydrogen) atoms. The van der Waals surface area contributed by atoms with E-state index in [1.54, 1.807) is 0 Å². The van der Waals surface area contributed by atoms with Crippen molar-refractivity contribution in [2.24, 2.45) is 0 Å². The first-order valence-electron chi connectivity index (χ1n) is 2.94. The Kier molecular flexibility index (Phi) is 12.8. The van der Waals surface area contributed by atoms with Crippen molar-refractivity contribution in [1.82, 2.24) is 0 Å². The number of hydrogen-bond acceptors (Lipinski definition) is 3. The topological polar surface area (TPSA) is 91.7 Å². The van der Waals surface area contributed by atoms with Gasteiger partial charge in [-0.05, 0) is 6.42 Å². The molecule has 0 atom stereocenters. The molecule has 0 aliphatic rings. The predicted molar refractivity (Wildman–Crippen MR) is 36.6 cm³/mol. The third-order valence-corrected chi connectivity index (χ3v) is 0.644. The summed E-state index contributed by atoms with van der Waals surface area (Å²) >= 11 is 0. The normalized spacial score (nSPS) is 7.27. The van der Waals surface area contributed by atoms with Crippen LogP contribution in [0.5, 0.6) is 0 Å². The van der Waals surface area contributed by atoms with Gasteiger partial charge in [0.2, 0.25) is 0 Å². The maximum Gasteiger partial charge on any atom is 0.503 e. The molecule has 0 radical (unpaired) electrons. The van der Waals surface area contributed by atoms with E-state index in [0.717, 1.165) is 12.6 Å². The molecule has 0 rings (SSSR count). The van der Waals surface area contributed by atoms with E-state index in [-0.39, 0.29) is 0 Å². The van der Waals surface area contributed by atoms with Gasteiger partial charge in [0.25, 0.3) is 0 Å². The van der Waals surface area contributed by atoms with Gasteiger partial charge < -0.3 is 19.8 Å². The van der Waals surface area contributed by atoms with Gasteiger partial charge in [0.1, 0.15) is 12.6 Å². The lowest BCUT2D eigenvalue weighted by Crippen LogP contribution is -1.81. The van der Waals surface area contributed by atoms with E-state index >= 15 is 0 Å². The molecule has 0 saturated heterocycles. The molecule has 0 aromatic carbocycles. The molecule has 0 aliphatic carbocycles. The summed E-state index contributed by atoms with van der Waals surface area (Å²) in [6.07, 6.45) is 1.54. The van der Waals surface area contributed by atoms with E-state index in [2.05, 4.69) is 0 Å². The molecule has 0 heterocycles. The molecule has 5 nitrogen and oxygen atoms in total. The van der Waals surface area contributed by atoms with Gasteiger partial charge in [0, 0.05) is 12.8 Å². The highest BCUT2D eigenvalue weighted by molar-refractivity contribution is 5.53. The van der Waals surface area contributed by atoms with Crippen molar-refractivity contribution in [2.45, 2.75) is 19.3 Å². The Morgan fingerprint density at radius 3 is 1.55 bits per heavy atom. The first kappa shape index (κ1) is 12.3. The highest BCUT2D eigenvalue weighted by atomic mass is 16.6. The molecule has 5 heteroatoms. The Morgan fingerprint density at radius 1 is 1.09 bits per heavy atom. The minimum Gasteiger partial charge on any atom is -0.450 e. The highest BCUT2D eigenvalue weighted by Crippen LogP contribution is 1.85. The van der Waals surface area contributed by atoms with Crippen LogP contribution in [-0.2, 0) is 9.59 Å². The van der Waals surface area contributed by atoms with Gasteiger partial charge in [-0.1, -0.05) is 0 Å². The van der Waals surface area contributed by atoms with Gasteiger partial charge >= 0.3 is 6.16 Å². The average molecular weight is 162 g/mol. The molecule has 64 valence electrons. The number of unbranched alkanes of at least 4 members (excludes halogenated alkanes) is 2. The van der Waals surface area contributed by atoms with E-state index in [0.29, 0.717) is 19.3 Å². The molecule has 2 N–H and O–H groups in total. The molecular formula is C6H10O5. The average Bonchev–Trinajstić information content (AvgIpc) is 1.88. The fourth-order valence-corrected chi connectivity index (χ4v) is 0.285. The Morgan fingerprint density at radius 2 is 1.36 bits per heavy atom. The SMILES string of the molecule is O=C(O)O.O=CCCCC=O. The number of carbonyl (C=O) groups excluding carboxylic acids is 2. The van der Waals surface area contributed by atoms with Gasteiger partial charge in [-0.3, -0.25) is 0 Å². The number of rotatable bonds is 4. The second-order valence-corrected chi connectivity index (χ2v) is 1.55. The van der Waals surface area contributed by atoms with Crippen LogP contribution in [0.4, 0.5) is 4.79 Å². The second kappa shape index (κ2) is 11.4. The summed E-state index contributed by atoms with van der Waals surface area (Å²) in [5, 5.41) is 13.9. The van der Waals surface area contributed by atoms with Crippen LogP contribution in [0, 0.1) is 0 Å². The van der Waals surface area contributed by atoms with Crippen molar-refractivity contribution in [1.29, 1.82) is 0 Å². The zero-order chi connectivity index (χ0) is 9.11. The third-order valence-electron chi connectivity index (χ3n) is 0.644. The Hall–Kier alpha value is -1.39. The molecule has 0 saturated carbocycles. The predicted octanol–water partition coefficient (Wildman–Crippen LogP) is 0.777. The molecular weight excluding hydrogens is 152 g/mol. The fraction of sp³-hybridized carbons (Fsp3) is 0.500. The smallest absolute Gasteiger partial charge is 0.450 e. The second-order valence-electron chi connectivity index (χ2n) is 1.55. The Balaban J connectivity index is 0. The summed E-state index contributed by atoms with van der Waals surface area (Å²) in [7, 11) is 0. The minimum absolute atomic E-state index is 0.513. The highest BCUT2D eigenvalue weighted by Gasteiger charge is 1.80. The van der Waals surface area contributed by atoms with Crippen LogP contribution in [0.1, 0.15) is 19.3 Å². The monoisotopic (exact) mass is 162 g/mol. The summed E-state index contributed by atoms with van der Waals surface area (Å²) in [5.74, 6) is 0. The van der Waals surface area contributed by atoms with Crippen LogP contribution in [0.3, 0.4) is 0 Å². The molecule has 0 aromatic rings. The maximum absolute atomic E-state index is 9.56. The van der Waals surface area contributed by atoms with Crippen LogP contribution in [0.25, 0.3) is 0 Å². The molecule has 0 bridgehead atoms. The molecule has 0 aromatic heterocycles. The summed E-state index contributed by atoms with van der Waals surface area (Å²) in [6.45, 7) is 0. The largest absolute Gasteiger partial charge is 0.503 e. The van der Waals surface area contributed by atoms with Crippen LogP contribution >= 0.6 is 0 Å². The molecule has 0 aliphatic heterocycles. The van der Waals surface area contributed by atoms with E-state index in [4.69, 9.17) is 15.0 Å². The van der Waals surface area contributed by atoms with Gasteiger partial charge in [0.05, 0.1) is 0 Å². The number of carbonyl (C=O) groups is 3. The zero-order valence-electron chi connectivity index (χ0n) is 5.90. The van der Waals surface area contributed by atoms with Crippen molar-refractivity contribution >= 4 is 18.7 Å². The Bertz CT molecular complexity index is 108. The van der Waals surface area contributed by atoms with Crippen molar-refractivity contribution in [3.05, 3.63) is 0 Å². The van der Waals surface area contributed by atoms with Crippen molar-refractivity contribution < 1.29 is 24.6 Å². The molecule has 0 unspecified atom stereocenters. The molecule has 0 fully saturated rings. The van der Waals surface area contributed by atoms with Crippen LogP contribution < -0.4 is 0 Å². The van der Waals surface area contributed by atoms with E-state index in [9.17, 15) is 9.59 Å². The van der Waals surface area contributed by atoms with E-state index in [1.165, 1.54) is 0 Å². The Labute approximate surface area is 63.6 Å². The fourth-order valence-electron chi connectivity index (χ4n) is 0.285. The van der Waals surface area contributed by atoms with Gasteiger partial charge in [-0.15, -0.1) is 0 Å². The quantitative estimate of drug-likeness (QED) is 0.470. The lowest BCUT2D eigenvalue weighted by Gasteiger charge is -1.78. The van der Waals surface area contributed by atoms with Gasteiger partial charge in [-0.2, -0.15) is 0 Å². The standard InChI is InChI=1S/C5H8O2.CH2O3/c6-4-2-1-3-5-7;2-1(3)4/h4-5H,1-3H2;(H2,2,3,4). The summed E-state index contributed by atoms with van der Waals surface area (Å²) in [5.41, 5.74) is 0. The van der Waals surface area contributed by atoms with Crippen LogP contribution in [0.15, 0.2) is 0 Å². The van der Waals surface area contributed by atoms with Gasteiger partial charge in [-0.25, -0.2) is 4.79 Å². The maximum atomic E-state index is 9.56. The van der Waals surface area contributed by atoms with E-state index in [1.807, 2.05) is 0 Å². The minimum atomic E-state index is -1.83. The lowest BCUT2D eigenvalue weighted by atomic mass is 10.3. The van der Waals surface area contributed by atoms with Crippen molar-refractivity contribution in [3.8, 4) is 0 Å². The van der Waals surface area contributed by atoms with Crippen LogP contribution in [-0.4, -0.2) is 28.9 Å². The number of carboxylic acid groups (broad SMARTS) is 2. The van der Waals surface area contributed by atoms with E-state index < -0.39 is 6.16 Å². The lowest BCUT2D eigenvalue weighted by molar-refractivity contribution is -0.108. The summed E-state index contributed by atoms with van der Waals surface area (Å²) in [4.78, 5) is 27.7.